The Kier molecular flexibility index (Phi) is 7.87. The van der Waals surface area contributed by atoms with E-state index in [2.05, 4.69) is 50.5 Å². The largest absolute Gasteiger partial charge is 0.353 e. The number of rotatable bonds is 5. The van der Waals surface area contributed by atoms with Crippen LogP contribution in [0.25, 0.3) is 0 Å². The molecule has 1 saturated heterocycles. The van der Waals surface area contributed by atoms with E-state index >= 15 is 0 Å². The number of hydrogen-bond donors (Lipinski definition) is 2. The molecule has 2 fully saturated rings. The van der Waals surface area contributed by atoms with E-state index in [9.17, 15) is 0 Å². The maximum atomic E-state index is 4.38. The molecule has 136 valence electrons. The lowest BCUT2D eigenvalue weighted by Gasteiger charge is -2.21. The fourth-order valence-electron chi connectivity index (χ4n) is 3.92. The lowest BCUT2D eigenvalue weighted by molar-refractivity contribution is 0.275. The third-order valence-electron chi connectivity index (χ3n) is 5.32. The van der Waals surface area contributed by atoms with Gasteiger partial charge >= 0.3 is 0 Å². The molecule has 0 spiro atoms. The summed E-state index contributed by atoms with van der Waals surface area (Å²) in [5.41, 5.74) is 1.27. The minimum Gasteiger partial charge on any atom is -0.353 e. The Morgan fingerprint density at radius 2 is 2.08 bits per heavy atom. The number of hydrogen-bond acceptors (Lipinski definition) is 2. The predicted molar refractivity (Wildman–Crippen MR) is 111 cm³/mol. The third kappa shape index (κ3) is 5.37. The molecule has 1 aliphatic carbocycles. The summed E-state index contributed by atoms with van der Waals surface area (Å²) >= 11 is 0. The van der Waals surface area contributed by atoms with Crippen LogP contribution in [0.3, 0.4) is 0 Å². The van der Waals surface area contributed by atoms with Crippen molar-refractivity contribution in [2.75, 3.05) is 26.7 Å². The Bertz CT molecular complexity index is 521. The van der Waals surface area contributed by atoms with Crippen molar-refractivity contribution in [3.05, 3.63) is 24.0 Å². The van der Waals surface area contributed by atoms with Crippen molar-refractivity contribution in [2.24, 2.45) is 18.0 Å². The molecule has 0 bridgehead atoms. The van der Waals surface area contributed by atoms with Crippen LogP contribution in [-0.2, 0) is 13.6 Å². The summed E-state index contributed by atoms with van der Waals surface area (Å²) in [5, 5.41) is 7.02. The highest BCUT2D eigenvalue weighted by atomic mass is 127. The van der Waals surface area contributed by atoms with Crippen molar-refractivity contribution in [1.29, 1.82) is 0 Å². The first-order valence-electron chi connectivity index (χ1n) is 9.04. The summed E-state index contributed by atoms with van der Waals surface area (Å²) < 4.78 is 2.14. The van der Waals surface area contributed by atoms with Crippen molar-refractivity contribution >= 4 is 29.9 Å². The summed E-state index contributed by atoms with van der Waals surface area (Å²) in [5.74, 6) is 1.86. The third-order valence-corrected chi connectivity index (χ3v) is 5.32. The van der Waals surface area contributed by atoms with Gasteiger partial charge in [0.1, 0.15) is 0 Å². The molecular weight excluding hydrogens is 413 g/mol. The van der Waals surface area contributed by atoms with Gasteiger partial charge in [-0.05, 0) is 37.3 Å². The van der Waals surface area contributed by atoms with E-state index in [1.54, 1.807) is 0 Å². The maximum Gasteiger partial charge on any atom is 0.191 e. The number of aromatic nitrogens is 1. The van der Waals surface area contributed by atoms with Crippen LogP contribution in [0.5, 0.6) is 0 Å². The minimum atomic E-state index is 0. The molecule has 1 aliphatic heterocycles. The lowest BCUT2D eigenvalue weighted by Crippen LogP contribution is -2.44. The fraction of sp³-hybridized carbons (Fsp3) is 0.722. The molecule has 0 aromatic carbocycles. The van der Waals surface area contributed by atoms with Crippen molar-refractivity contribution in [3.8, 4) is 0 Å². The average molecular weight is 445 g/mol. The normalized spacial score (nSPS) is 22.6. The predicted octanol–water partition coefficient (Wildman–Crippen LogP) is 2.57. The van der Waals surface area contributed by atoms with E-state index in [-0.39, 0.29) is 24.0 Å². The standard InChI is InChI=1S/C18H31N5.HI/c1-19-18(20-12-17-8-5-10-22(17)2)21-16-9-11-23(14-16)13-15-6-3-4-7-15;/h5,8,10,15-16H,3-4,6-7,9,11-14H2,1-2H3,(H2,19,20,21);1H. The number of aryl methyl sites for hydroxylation is 1. The van der Waals surface area contributed by atoms with Crippen molar-refractivity contribution in [2.45, 2.75) is 44.7 Å². The van der Waals surface area contributed by atoms with Gasteiger partial charge in [-0.2, -0.15) is 0 Å². The summed E-state index contributed by atoms with van der Waals surface area (Å²) in [6.45, 7) is 4.49. The van der Waals surface area contributed by atoms with Crippen LogP contribution in [0, 0.1) is 5.92 Å². The molecule has 1 saturated carbocycles. The molecule has 1 atom stereocenters. The number of halogens is 1. The zero-order valence-electron chi connectivity index (χ0n) is 15.0. The van der Waals surface area contributed by atoms with E-state index in [1.165, 1.54) is 50.9 Å². The Labute approximate surface area is 163 Å². The molecule has 1 unspecified atom stereocenters. The first kappa shape index (κ1) is 19.6. The van der Waals surface area contributed by atoms with Crippen molar-refractivity contribution < 1.29 is 0 Å². The van der Waals surface area contributed by atoms with Crippen LogP contribution in [0.15, 0.2) is 23.3 Å². The van der Waals surface area contributed by atoms with Gasteiger partial charge in [0, 0.05) is 51.7 Å². The second-order valence-electron chi connectivity index (χ2n) is 7.08. The first-order chi connectivity index (χ1) is 11.2. The summed E-state index contributed by atoms with van der Waals surface area (Å²) in [7, 11) is 3.93. The van der Waals surface area contributed by atoms with Gasteiger partial charge < -0.3 is 20.1 Å². The number of aliphatic imine (C=N–C) groups is 1. The van der Waals surface area contributed by atoms with Gasteiger partial charge in [0.2, 0.25) is 0 Å². The van der Waals surface area contributed by atoms with Crippen LogP contribution in [0.4, 0.5) is 0 Å². The van der Waals surface area contributed by atoms with Gasteiger partial charge in [-0.25, -0.2) is 0 Å². The first-order valence-corrected chi connectivity index (χ1v) is 9.04. The van der Waals surface area contributed by atoms with E-state index in [4.69, 9.17) is 0 Å². The Hall–Kier alpha value is -0.760. The number of nitrogens with one attached hydrogen (secondary N) is 2. The van der Waals surface area contributed by atoms with Gasteiger partial charge in [-0.15, -0.1) is 24.0 Å². The molecule has 0 amide bonds. The fourth-order valence-corrected chi connectivity index (χ4v) is 3.92. The van der Waals surface area contributed by atoms with Crippen molar-refractivity contribution in [3.63, 3.8) is 0 Å². The lowest BCUT2D eigenvalue weighted by atomic mass is 10.1. The summed E-state index contributed by atoms with van der Waals surface area (Å²) in [6, 6.07) is 4.74. The Morgan fingerprint density at radius 1 is 1.29 bits per heavy atom. The minimum absolute atomic E-state index is 0. The van der Waals surface area contributed by atoms with E-state index in [0.717, 1.165) is 25.0 Å². The highest BCUT2D eigenvalue weighted by Gasteiger charge is 2.26. The van der Waals surface area contributed by atoms with Crippen LogP contribution in [0.2, 0.25) is 0 Å². The maximum absolute atomic E-state index is 4.38. The Morgan fingerprint density at radius 3 is 2.75 bits per heavy atom. The van der Waals surface area contributed by atoms with E-state index in [0.29, 0.717) is 6.04 Å². The molecular formula is C18H32IN5. The van der Waals surface area contributed by atoms with Crippen LogP contribution >= 0.6 is 24.0 Å². The molecule has 2 N–H and O–H groups in total. The molecule has 5 nitrogen and oxygen atoms in total. The van der Waals surface area contributed by atoms with Crippen LogP contribution < -0.4 is 10.6 Å². The molecule has 2 heterocycles. The number of nitrogens with zero attached hydrogens (tertiary/aromatic N) is 3. The Balaban J connectivity index is 0.00000208. The number of guanidine groups is 1. The van der Waals surface area contributed by atoms with Gasteiger partial charge in [-0.3, -0.25) is 4.99 Å². The molecule has 1 aromatic rings. The van der Waals surface area contributed by atoms with E-state index < -0.39 is 0 Å². The van der Waals surface area contributed by atoms with Gasteiger partial charge in [-0.1, -0.05) is 12.8 Å². The average Bonchev–Trinajstić information content (AvgIpc) is 3.28. The van der Waals surface area contributed by atoms with Crippen LogP contribution in [-0.4, -0.2) is 48.2 Å². The van der Waals surface area contributed by atoms with Crippen molar-refractivity contribution in [1.82, 2.24) is 20.1 Å². The molecule has 6 heteroatoms. The molecule has 3 rings (SSSR count). The monoisotopic (exact) mass is 445 g/mol. The molecule has 1 aromatic heterocycles. The second-order valence-corrected chi connectivity index (χ2v) is 7.08. The quantitative estimate of drug-likeness (QED) is 0.416. The second kappa shape index (κ2) is 9.65. The zero-order valence-corrected chi connectivity index (χ0v) is 17.3. The highest BCUT2D eigenvalue weighted by Crippen LogP contribution is 2.26. The number of likely N-dealkylation sites (tertiary alicyclic amines) is 1. The summed E-state index contributed by atoms with van der Waals surface area (Å²) in [4.78, 5) is 7.01. The SMILES string of the molecule is CN=C(NCc1cccn1C)NC1CCN(CC2CCCC2)C1.I. The highest BCUT2D eigenvalue weighted by molar-refractivity contribution is 14.0. The topological polar surface area (TPSA) is 44.6 Å². The van der Waals surface area contributed by atoms with E-state index in [1.807, 2.05) is 7.05 Å². The molecule has 2 aliphatic rings. The van der Waals surface area contributed by atoms with Gasteiger partial charge in [0.15, 0.2) is 5.96 Å². The van der Waals surface area contributed by atoms with Gasteiger partial charge in [0.25, 0.3) is 0 Å². The summed E-state index contributed by atoms with van der Waals surface area (Å²) in [6.07, 6.45) is 9.05. The zero-order chi connectivity index (χ0) is 16.1. The smallest absolute Gasteiger partial charge is 0.191 e. The van der Waals surface area contributed by atoms with Crippen LogP contribution in [0.1, 0.15) is 37.8 Å². The molecule has 24 heavy (non-hydrogen) atoms. The molecule has 0 radical (unpaired) electrons. The van der Waals surface area contributed by atoms with Gasteiger partial charge in [0.05, 0.1) is 6.54 Å².